The first-order chi connectivity index (χ1) is 13.2. The second-order valence-corrected chi connectivity index (χ2v) is 6.23. The lowest BCUT2D eigenvalue weighted by Crippen LogP contribution is -2.25. The highest BCUT2D eigenvalue weighted by molar-refractivity contribution is 5.93. The van der Waals surface area contributed by atoms with Crippen LogP contribution in [0.1, 0.15) is 16.9 Å². The fourth-order valence-corrected chi connectivity index (χ4v) is 3.05. The molecule has 2 heterocycles. The number of aryl methyl sites for hydroxylation is 1. The standard InChI is InChI=1S/C21H18FN3O2/c22-17-8-3-2-7-16(17)20-14-18(24-27-20)21(26)23-11-5-12-25-13-10-15-6-1-4-9-19(15)25/h1-4,6-10,13-14H,5,11-12H2,(H,23,26). The van der Waals surface area contributed by atoms with Crippen LogP contribution in [0.15, 0.2) is 71.4 Å². The monoisotopic (exact) mass is 363 g/mol. The first-order valence-corrected chi connectivity index (χ1v) is 8.76. The van der Waals surface area contributed by atoms with Gasteiger partial charge in [-0.25, -0.2) is 4.39 Å². The number of aromatic nitrogens is 2. The minimum atomic E-state index is -0.417. The molecule has 0 atom stereocenters. The number of nitrogens with one attached hydrogen (secondary N) is 1. The predicted molar refractivity (Wildman–Crippen MR) is 101 cm³/mol. The number of carbonyl (C=O) groups is 1. The number of carbonyl (C=O) groups excluding carboxylic acids is 1. The van der Waals surface area contributed by atoms with E-state index in [1.54, 1.807) is 18.2 Å². The summed E-state index contributed by atoms with van der Waals surface area (Å²) in [6, 6.07) is 17.9. The average Bonchev–Trinajstić information content (AvgIpc) is 3.33. The molecule has 2 aromatic carbocycles. The maximum absolute atomic E-state index is 13.8. The van der Waals surface area contributed by atoms with Crippen molar-refractivity contribution in [2.75, 3.05) is 6.54 Å². The van der Waals surface area contributed by atoms with Gasteiger partial charge in [-0.2, -0.15) is 0 Å². The number of benzene rings is 2. The summed E-state index contributed by atoms with van der Waals surface area (Å²) < 4.78 is 21.1. The summed E-state index contributed by atoms with van der Waals surface area (Å²) >= 11 is 0. The van der Waals surface area contributed by atoms with E-state index in [9.17, 15) is 9.18 Å². The number of amides is 1. The zero-order valence-electron chi connectivity index (χ0n) is 14.6. The SMILES string of the molecule is O=C(NCCCn1ccc2ccccc21)c1cc(-c2ccccc2F)on1. The van der Waals surface area contributed by atoms with E-state index in [0.29, 0.717) is 6.54 Å². The number of nitrogens with zero attached hydrogens (tertiary/aromatic N) is 2. The van der Waals surface area contributed by atoms with Crippen LogP contribution in [-0.4, -0.2) is 22.2 Å². The third-order valence-electron chi connectivity index (χ3n) is 4.42. The van der Waals surface area contributed by atoms with E-state index < -0.39 is 5.82 Å². The van der Waals surface area contributed by atoms with Crippen LogP contribution in [0.2, 0.25) is 0 Å². The molecule has 4 rings (SSSR count). The second kappa shape index (κ2) is 7.45. The van der Waals surface area contributed by atoms with Gasteiger partial charge in [0.05, 0.1) is 5.56 Å². The molecule has 1 N–H and O–H groups in total. The summed E-state index contributed by atoms with van der Waals surface area (Å²) in [7, 11) is 0. The molecule has 0 aliphatic heterocycles. The van der Waals surface area contributed by atoms with Crippen molar-refractivity contribution >= 4 is 16.8 Å². The van der Waals surface area contributed by atoms with E-state index in [1.807, 2.05) is 18.3 Å². The molecule has 0 unspecified atom stereocenters. The third kappa shape index (κ3) is 3.60. The quantitative estimate of drug-likeness (QED) is 0.521. The minimum absolute atomic E-state index is 0.139. The minimum Gasteiger partial charge on any atom is -0.355 e. The van der Waals surface area contributed by atoms with Gasteiger partial charge in [-0.1, -0.05) is 35.5 Å². The third-order valence-corrected chi connectivity index (χ3v) is 4.42. The molecule has 0 aliphatic rings. The molecule has 0 spiro atoms. The fourth-order valence-electron chi connectivity index (χ4n) is 3.05. The van der Waals surface area contributed by atoms with Crippen LogP contribution in [0.4, 0.5) is 4.39 Å². The highest BCUT2D eigenvalue weighted by Crippen LogP contribution is 2.23. The number of para-hydroxylation sites is 1. The maximum atomic E-state index is 13.8. The van der Waals surface area contributed by atoms with Gasteiger partial charge >= 0.3 is 0 Å². The zero-order chi connectivity index (χ0) is 18.6. The molecule has 2 aromatic heterocycles. The topological polar surface area (TPSA) is 60.1 Å². The number of fused-ring (bicyclic) bond motifs is 1. The number of rotatable bonds is 6. The molecule has 0 bridgehead atoms. The van der Waals surface area contributed by atoms with Gasteiger partial charge in [0.15, 0.2) is 11.5 Å². The van der Waals surface area contributed by atoms with Crippen molar-refractivity contribution in [1.82, 2.24) is 15.0 Å². The van der Waals surface area contributed by atoms with Crippen molar-refractivity contribution in [3.8, 4) is 11.3 Å². The lowest BCUT2D eigenvalue weighted by atomic mass is 10.1. The van der Waals surface area contributed by atoms with Gasteiger partial charge in [0, 0.05) is 30.9 Å². The van der Waals surface area contributed by atoms with Gasteiger partial charge in [-0.3, -0.25) is 4.79 Å². The Morgan fingerprint density at radius 1 is 1.11 bits per heavy atom. The number of hydrogen-bond acceptors (Lipinski definition) is 3. The van der Waals surface area contributed by atoms with Gasteiger partial charge in [-0.15, -0.1) is 0 Å². The summed E-state index contributed by atoms with van der Waals surface area (Å²) in [5.74, 6) is -0.518. The summed E-state index contributed by atoms with van der Waals surface area (Å²) in [4.78, 5) is 12.2. The molecular formula is C21H18FN3O2. The highest BCUT2D eigenvalue weighted by atomic mass is 19.1. The van der Waals surface area contributed by atoms with Crippen molar-refractivity contribution in [3.63, 3.8) is 0 Å². The van der Waals surface area contributed by atoms with Crippen LogP contribution in [0.25, 0.3) is 22.2 Å². The van der Waals surface area contributed by atoms with Crippen LogP contribution < -0.4 is 5.32 Å². The molecule has 4 aromatic rings. The molecule has 27 heavy (non-hydrogen) atoms. The molecule has 0 saturated heterocycles. The van der Waals surface area contributed by atoms with Crippen LogP contribution >= 0.6 is 0 Å². The largest absolute Gasteiger partial charge is 0.355 e. The van der Waals surface area contributed by atoms with Gasteiger partial charge in [0.2, 0.25) is 0 Å². The summed E-state index contributed by atoms with van der Waals surface area (Å²) in [5, 5.41) is 7.76. The lowest BCUT2D eigenvalue weighted by molar-refractivity contribution is 0.0944. The molecule has 136 valence electrons. The van der Waals surface area contributed by atoms with Crippen LogP contribution in [0.3, 0.4) is 0 Å². The molecular weight excluding hydrogens is 345 g/mol. The number of hydrogen-bond donors (Lipinski definition) is 1. The van der Waals surface area contributed by atoms with Crippen molar-refractivity contribution < 1.29 is 13.7 Å². The van der Waals surface area contributed by atoms with Gasteiger partial charge in [0.25, 0.3) is 5.91 Å². The first kappa shape index (κ1) is 17.0. The van der Waals surface area contributed by atoms with Crippen LogP contribution in [0, 0.1) is 5.82 Å². The van der Waals surface area contributed by atoms with Gasteiger partial charge < -0.3 is 14.4 Å². The summed E-state index contributed by atoms with van der Waals surface area (Å²) in [5.41, 5.74) is 1.60. The van der Waals surface area contributed by atoms with E-state index >= 15 is 0 Å². The summed E-state index contributed by atoms with van der Waals surface area (Å²) in [6.45, 7) is 1.31. The van der Waals surface area contributed by atoms with Crippen molar-refractivity contribution in [2.45, 2.75) is 13.0 Å². The Kier molecular flexibility index (Phi) is 4.70. The average molecular weight is 363 g/mol. The smallest absolute Gasteiger partial charge is 0.273 e. The Balaban J connectivity index is 1.33. The molecule has 0 saturated carbocycles. The van der Waals surface area contributed by atoms with E-state index in [0.717, 1.165) is 13.0 Å². The Morgan fingerprint density at radius 3 is 2.81 bits per heavy atom. The second-order valence-electron chi connectivity index (χ2n) is 6.23. The molecule has 0 aliphatic carbocycles. The van der Waals surface area contributed by atoms with Crippen molar-refractivity contribution in [3.05, 3.63) is 78.4 Å². The lowest BCUT2D eigenvalue weighted by Gasteiger charge is -2.06. The van der Waals surface area contributed by atoms with E-state index in [1.165, 1.54) is 23.0 Å². The van der Waals surface area contributed by atoms with E-state index in [4.69, 9.17) is 4.52 Å². The highest BCUT2D eigenvalue weighted by Gasteiger charge is 2.15. The number of halogens is 1. The zero-order valence-corrected chi connectivity index (χ0v) is 14.6. The van der Waals surface area contributed by atoms with Gasteiger partial charge in [0.1, 0.15) is 5.82 Å². The van der Waals surface area contributed by atoms with E-state index in [-0.39, 0.29) is 22.9 Å². The summed E-state index contributed by atoms with van der Waals surface area (Å²) in [6.07, 6.45) is 2.83. The Bertz CT molecular complexity index is 1080. The van der Waals surface area contributed by atoms with Crippen LogP contribution in [0.5, 0.6) is 0 Å². The Labute approximate surface area is 155 Å². The van der Waals surface area contributed by atoms with E-state index in [2.05, 4.69) is 33.2 Å². The van der Waals surface area contributed by atoms with Crippen LogP contribution in [-0.2, 0) is 6.54 Å². The molecule has 6 heteroatoms. The Hall–Kier alpha value is -3.41. The van der Waals surface area contributed by atoms with Crippen molar-refractivity contribution in [1.29, 1.82) is 0 Å². The molecule has 5 nitrogen and oxygen atoms in total. The fraction of sp³-hybridized carbons (Fsp3) is 0.143. The van der Waals surface area contributed by atoms with Gasteiger partial charge in [-0.05, 0) is 36.1 Å². The predicted octanol–water partition coefficient (Wildman–Crippen LogP) is 4.26. The normalized spacial score (nSPS) is 11.0. The molecule has 0 radical (unpaired) electrons. The Morgan fingerprint density at radius 2 is 1.93 bits per heavy atom. The maximum Gasteiger partial charge on any atom is 0.273 e. The molecule has 1 amide bonds. The molecule has 0 fully saturated rings. The first-order valence-electron chi connectivity index (χ1n) is 8.76. The van der Waals surface area contributed by atoms with Crippen molar-refractivity contribution in [2.24, 2.45) is 0 Å².